The van der Waals surface area contributed by atoms with Gasteiger partial charge in [0.15, 0.2) is 5.60 Å². The fourth-order valence-corrected chi connectivity index (χ4v) is 11.0. The molecule has 2 aliphatic rings. The lowest BCUT2D eigenvalue weighted by Gasteiger charge is -2.38. The normalized spacial score (nSPS) is 15.5. The summed E-state index contributed by atoms with van der Waals surface area (Å²) in [5.41, 5.74) is 8.94. The molecular weight excluding hydrogens is 909 g/mol. The molecule has 0 bridgehead atoms. The molecule has 1 spiro atoms. The van der Waals surface area contributed by atoms with E-state index in [2.05, 4.69) is 35.0 Å². The molecular formula is C55H57N3O9P2. The van der Waals surface area contributed by atoms with Crippen LogP contribution in [0.1, 0.15) is 82.3 Å². The van der Waals surface area contributed by atoms with Crippen LogP contribution in [0.3, 0.4) is 0 Å². The Labute approximate surface area is 402 Å². The van der Waals surface area contributed by atoms with Crippen molar-refractivity contribution in [2.24, 2.45) is 5.92 Å². The molecule has 12 nitrogen and oxygen atoms in total. The Kier molecular flexibility index (Phi) is 14.0. The molecule has 9 rings (SSSR count). The van der Waals surface area contributed by atoms with Gasteiger partial charge in [0.05, 0.1) is 17.2 Å². The standard InChI is InChI=1S/C55H57N3O9P2/c1-38-34-51-42(15-10-30-56-51)35-41(38)14-7-6-12-39(13-11-32-68(60,61)62)20-21-40-22-24-44(25-23-40)58(31-33-69(63,64)65)46-26-28-49-53(37-46)66-52-29-27-45(57(2)43-16-4-3-5-17-43)36-50(52)55(49)48-19-9-8-18-47(48)54(59)67-55/h3-5,8-10,15-19,22-30,34-37,39H,6-7,11-14,20-21,31-33H2,1-2H3,(H2,60,61,62)(H2,63,64,65). The zero-order valence-corrected chi connectivity index (χ0v) is 40.6. The highest BCUT2D eigenvalue weighted by Crippen LogP contribution is 2.57. The van der Waals surface area contributed by atoms with Gasteiger partial charge in [0.25, 0.3) is 0 Å². The van der Waals surface area contributed by atoms with Crippen molar-refractivity contribution < 1.29 is 43.0 Å². The van der Waals surface area contributed by atoms with Crippen LogP contribution in [0.15, 0.2) is 146 Å². The van der Waals surface area contributed by atoms with E-state index < -0.39 is 32.9 Å². The number of fused-ring (bicyclic) bond motifs is 7. The average Bonchev–Trinajstić information content (AvgIpc) is 3.63. The first-order valence-electron chi connectivity index (χ1n) is 23.5. The fraction of sp³-hybridized carbons (Fsp3) is 0.273. The summed E-state index contributed by atoms with van der Waals surface area (Å²) in [6.07, 6.45) is 7.99. The Balaban J connectivity index is 0.955. The predicted molar refractivity (Wildman–Crippen MR) is 272 cm³/mol. The average molecular weight is 966 g/mol. The molecule has 0 saturated carbocycles. The topological polar surface area (TPSA) is 170 Å². The van der Waals surface area contributed by atoms with Gasteiger partial charge < -0.3 is 38.8 Å². The molecule has 6 aromatic carbocycles. The summed E-state index contributed by atoms with van der Waals surface area (Å²) in [6, 6.07) is 45.2. The summed E-state index contributed by atoms with van der Waals surface area (Å²) in [5, 5.41) is 1.13. The SMILES string of the molecule is Cc1cc2ncccc2cc1CCCCC(CCCP(=O)(O)O)CCc1ccc(N(CCP(=O)(O)O)c2ccc3c(c2)Oc2ccc(N(C)c4ccccc4)cc2C32OC(=O)c3ccccc32)cc1. The molecule has 7 aromatic rings. The lowest BCUT2D eigenvalue weighted by Crippen LogP contribution is -2.33. The maximum absolute atomic E-state index is 13.7. The molecule has 0 aliphatic carbocycles. The van der Waals surface area contributed by atoms with Crippen LogP contribution in [0.5, 0.6) is 11.5 Å². The van der Waals surface area contributed by atoms with Gasteiger partial charge in [-0.3, -0.25) is 14.1 Å². The fourth-order valence-electron chi connectivity index (χ4n) is 9.99. The van der Waals surface area contributed by atoms with E-state index in [1.807, 2.05) is 133 Å². The zero-order valence-electron chi connectivity index (χ0n) is 38.8. The second-order valence-electron chi connectivity index (χ2n) is 18.3. The molecule has 4 N–H and O–H groups in total. The van der Waals surface area contributed by atoms with Gasteiger partial charge in [0, 0.05) is 76.8 Å². The van der Waals surface area contributed by atoms with Crippen molar-refractivity contribution in [2.75, 3.05) is 35.7 Å². The van der Waals surface area contributed by atoms with E-state index >= 15 is 0 Å². The number of carbonyl (C=O) groups excluding carboxylic acids is 1. The van der Waals surface area contributed by atoms with E-state index in [9.17, 15) is 33.5 Å². The molecule has 356 valence electrons. The Hall–Kier alpha value is -6.10. The van der Waals surface area contributed by atoms with Gasteiger partial charge >= 0.3 is 21.2 Å². The van der Waals surface area contributed by atoms with Crippen molar-refractivity contribution >= 4 is 54.8 Å². The van der Waals surface area contributed by atoms with Crippen LogP contribution in [-0.4, -0.2) is 56.4 Å². The summed E-state index contributed by atoms with van der Waals surface area (Å²) in [4.78, 5) is 61.4. The molecule has 2 aliphatic heterocycles. The molecule has 0 radical (unpaired) electrons. The number of unbranched alkanes of at least 4 members (excludes halogenated alkanes) is 1. The van der Waals surface area contributed by atoms with Crippen LogP contribution in [0, 0.1) is 12.8 Å². The first-order valence-corrected chi connectivity index (χ1v) is 27.1. The Morgan fingerprint density at radius 3 is 2.14 bits per heavy atom. The number of benzene rings is 6. The molecule has 2 unspecified atom stereocenters. The van der Waals surface area contributed by atoms with Gasteiger partial charge in [0.1, 0.15) is 11.5 Å². The summed E-state index contributed by atoms with van der Waals surface area (Å²) in [6.45, 7) is 2.14. The summed E-state index contributed by atoms with van der Waals surface area (Å²) in [5.74, 6) is 0.792. The van der Waals surface area contributed by atoms with E-state index in [4.69, 9.17) is 9.47 Å². The lowest BCUT2D eigenvalue weighted by molar-refractivity contribution is 0.0224. The largest absolute Gasteiger partial charge is 0.456 e. The molecule has 3 heterocycles. The van der Waals surface area contributed by atoms with E-state index in [1.165, 1.54) is 11.1 Å². The Morgan fingerprint density at radius 2 is 1.36 bits per heavy atom. The van der Waals surface area contributed by atoms with Crippen LogP contribution in [0.4, 0.5) is 22.7 Å². The van der Waals surface area contributed by atoms with Gasteiger partial charge in [-0.1, -0.05) is 67.4 Å². The van der Waals surface area contributed by atoms with E-state index in [-0.39, 0.29) is 18.6 Å². The number of hydrogen-bond acceptors (Lipinski definition) is 8. The van der Waals surface area contributed by atoms with Gasteiger partial charge in [0.2, 0.25) is 0 Å². The van der Waals surface area contributed by atoms with Crippen molar-refractivity contribution in [2.45, 2.75) is 63.9 Å². The quantitative estimate of drug-likeness (QED) is 0.0344. The minimum atomic E-state index is -4.41. The van der Waals surface area contributed by atoms with Gasteiger partial charge in [-0.25, -0.2) is 4.79 Å². The number of aryl methyl sites for hydroxylation is 3. The van der Waals surface area contributed by atoms with Gasteiger partial charge in [-0.2, -0.15) is 0 Å². The second-order valence-corrected chi connectivity index (χ2v) is 21.9. The number of carbonyl (C=O) groups is 1. The molecule has 14 heteroatoms. The number of anilines is 4. The van der Waals surface area contributed by atoms with Crippen LogP contribution in [0.2, 0.25) is 0 Å². The van der Waals surface area contributed by atoms with Crippen LogP contribution < -0.4 is 14.5 Å². The zero-order chi connectivity index (χ0) is 48.3. The highest BCUT2D eigenvalue weighted by atomic mass is 31.2. The first-order chi connectivity index (χ1) is 33.1. The number of hydrogen-bond donors (Lipinski definition) is 4. The van der Waals surface area contributed by atoms with Crippen LogP contribution in [-0.2, 0) is 32.3 Å². The number of para-hydroxylation sites is 1. The van der Waals surface area contributed by atoms with Crippen molar-refractivity contribution in [1.82, 2.24) is 4.98 Å². The monoisotopic (exact) mass is 965 g/mol. The highest BCUT2D eigenvalue weighted by molar-refractivity contribution is 7.52. The maximum atomic E-state index is 13.7. The van der Waals surface area contributed by atoms with Crippen molar-refractivity contribution in [1.29, 1.82) is 0 Å². The third-order valence-corrected chi connectivity index (χ3v) is 15.3. The molecule has 69 heavy (non-hydrogen) atoms. The molecule has 1 aromatic heterocycles. The van der Waals surface area contributed by atoms with Crippen LogP contribution in [0.25, 0.3) is 10.9 Å². The molecule has 2 atom stereocenters. The van der Waals surface area contributed by atoms with Crippen LogP contribution >= 0.6 is 15.2 Å². The summed E-state index contributed by atoms with van der Waals surface area (Å²) in [7, 11) is -6.53. The van der Waals surface area contributed by atoms with Gasteiger partial charge in [-0.05, 0) is 147 Å². The van der Waals surface area contributed by atoms with Crippen molar-refractivity contribution in [3.63, 3.8) is 0 Å². The number of pyridine rings is 1. The Bertz CT molecular complexity index is 3080. The van der Waals surface area contributed by atoms with E-state index in [0.29, 0.717) is 45.9 Å². The minimum Gasteiger partial charge on any atom is -0.456 e. The van der Waals surface area contributed by atoms with Crippen molar-refractivity contribution in [3.8, 4) is 11.5 Å². The van der Waals surface area contributed by atoms with Crippen molar-refractivity contribution in [3.05, 3.63) is 185 Å². The third-order valence-electron chi connectivity index (χ3n) is 13.7. The molecule has 0 fully saturated rings. The number of esters is 1. The van der Waals surface area contributed by atoms with E-state index in [1.54, 1.807) is 6.07 Å². The summed E-state index contributed by atoms with van der Waals surface area (Å²) < 4.78 is 37.3. The minimum absolute atomic E-state index is 0.00834. The first kappa shape index (κ1) is 47.9. The highest BCUT2D eigenvalue weighted by Gasteiger charge is 2.53. The maximum Gasteiger partial charge on any atom is 0.340 e. The number of rotatable bonds is 19. The lowest BCUT2D eigenvalue weighted by atomic mass is 9.77. The molecule has 0 amide bonds. The van der Waals surface area contributed by atoms with E-state index in [0.717, 1.165) is 78.5 Å². The number of nitrogens with zero attached hydrogens (tertiary/aromatic N) is 3. The predicted octanol–water partition coefficient (Wildman–Crippen LogP) is 12.1. The number of ether oxygens (including phenoxy) is 2. The molecule has 0 saturated heterocycles. The smallest absolute Gasteiger partial charge is 0.340 e. The van der Waals surface area contributed by atoms with Gasteiger partial charge in [-0.15, -0.1) is 0 Å². The Morgan fingerprint density at radius 1 is 0.638 bits per heavy atom. The second kappa shape index (κ2) is 20.1. The third kappa shape index (κ3) is 10.7. The summed E-state index contributed by atoms with van der Waals surface area (Å²) >= 11 is 0. The number of aromatic nitrogens is 1.